The van der Waals surface area contributed by atoms with Gasteiger partial charge in [0, 0.05) is 58.5 Å². The number of aromatic nitrogens is 2. The Morgan fingerprint density at radius 2 is 0.930 bits per heavy atom. The summed E-state index contributed by atoms with van der Waals surface area (Å²) in [7, 11) is 0. The minimum Gasteiger partial charge on any atom is -0.309 e. The van der Waals surface area contributed by atoms with Gasteiger partial charge in [-0.1, -0.05) is 97.1 Å². The van der Waals surface area contributed by atoms with Gasteiger partial charge in [0.15, 0.2) is 0 Å². The third-order valence-corrected chi connectivity index (χ3v) is 10.2. The SMILES string of the molecule is c1ccc(-n2c3ccccc3c3ccc4ccc5c6ccccc6n(-c6ccc7sc8ccccc8c7c6)c5c4c32)cc1. The van der Waals surface area contributed by atoms with Crippen LogP contribution in [0.25, 0.3) is 85.9 Å². The summed E-state index contributed by atoms with van der Waals surface area (Å²) in [6, 6.07) is 53.4. The number of rotatable bonds is 2. The number of nitrogens with zero attached hydrogens (tertiary/aromatic N) is 2. The van der Waals surface area contributed by atoms with E-state index in [2.05, 4.69) is 155 Å². The first-order valence-electron chi connectivity index (χ1n) is 14.7. The molecular formula is C40H24N2S. The number of fused-ring (bicyclic) bond motifs is 12. The molecule has 0 bridgehead atoms. The van der Waals surface area contributed by atoms with Gasteiger partial charge in [-0.2, -0.15) is 0 Å². The Kier molecular flexibility index (Phi) is 4.63. The summed E-state index contributed by atoms with van der Waals surface area (Å²) < 4.78 is 7.62. The smallest absolute Gasteiger partial charge is 0.0640 e. The second-order valence-electron chi connectivity index (χ2n) is 11.3. The van der Waals surface area contributed by atoms with Crippen molar-refractivity contribution in [2.75, 3.05) is 0 Å². The van der Waals surface area contributed by atoms with Crippen molar-refractivity contribution in [3.8, 4) is 11.4 Å². The van der Waals surface area contributed by atoms with E-state index < -0.39 is 0 Å². The first-order chi connectivity index (χ1) is 21.3. The summed E-state index contributed by atoms with van der Waals surface area (Å²) in [5.41, 5.74) is 7.32. The van der Waals surface area contributed by atoms with Gasteiger partial charge in [0.25, 0.3) is 0 Å². The Labute approximate surface area is 251 Å². The van der Waals surface area contributed by atoms with Crippen LogP contribution in [0.5, 0.6) is 0 Å². The molecule has 10 aromatic rings. The molecule has 0 unspecified atom stereocenters. The highest BCUT2D eigenvalue weighted by atomic mass is 32.1. The van der Waals surface area contributed by atoms with Crippen molar-refractivity contribution in [1.82, 2.24) is 9.13 Å². The van der Waals surface area contributed by atoms with Crippen molar-refractivity contribution >= 4 is 85.9 Å². The van der Waals surface area contributed by atoms with E-state index in [-0.39, 0.29) is 0 Å². The normalized spacial score (nSPS) is 12.2. The molecule has 0 aliphatic heterocycles. The summed E-state index contributed by atoms with van der Waals surface area (Å²) >= 11 is 1.87. The predicted molar refractivity (Wildman–Crippen MR) is 186 cm³/mol. The highest BCUT2D eigenvalue weighted by Crippen LogP contribution is 2.44. The van der Waals surface area contributed by atoms with Crippen LogP contribution in [0.3, 0.4) is 0 Å². The lowest BCUT2D eigenvalue weighted by atomic mass is 10.0. The lowest BCUT2D eigenvalue weighted by Gasteiger charge is -2.14. The van der Waals surface area contributed by atoms with Gasteiger partial charge in [-0.3, -0.25) is 0 Å². The quantitative estimate of drug-likeness (QED) is 0.198. The van der Waals surface area contributed by atoms with Gasteiger partial charge in [-0.25, -0.2) is 0 Å². The molecule has 0 amide bonds. The fourth-order valence-corrected chi connectivity index (χ4v) is 8.37. The third-order valence-electron chi connectivity index (χ3n) is 9.08. The Morgan fingerprint density at radius 1 is 0.372 bits per heavy atom. The lowest BCUT2D eigenvalue weighted by Crippen LogP contribution is -1.97. The third kappa shape index (κ3) is 3.12. The molecule has 0 saturated heterocycles. The van der Waals surface area contributed by atoms with Crippen LogP contribution in [0, 0.1) is 0 Å². The number of para-hydroxylation sites is 3. The molecular weight excluding hydrogens is 541 g/mol. The van der Waals surface area contributed by atoms with E-state index in [4.69, 9.17) is 0 Å². The molecule has 10 rings (SSSR count). The molecule has 3 aromatic heterocycles. The Balaban J connectivity index is 1.45. The summed E-state index contributed by atoms with van der Waals surface area (Å²) in [4.78, 5) is 0. The maximum absolute atomic E-state index is 2.51. The van der Waals surface area contributed by atoms with Crippen molar-refractivity contribution in [3.05, 3.63) is 146 Å². The number of hydrogen-bond donors (Lipinski definition) is 0. The molecule has 0 spiro atoms. The zero-order valence-corrected chi connectivity index (χ0v) is 24.0. The van der Waals surface area contributed by atoms with Crippen molar-refractivity contribution in [3.63, 3.8) is 0 Å². The van der Waals surface area contributed by atoms with E-state index in [0.29, 0.717) is 0 Å². The molecule has 7 aromatic carbocycles. The number of thiophene rings is 1. The fourth-order valence-electron chi connectivity index (χ4n) is 7.28. The van der Waals surface area contributed by atoms with E-state index in [0.717, 1.165) is 0 Å². The van der Waals surface area contributed by atoms with Crippen LogP contribution >= 0.6 is 11.3 Å². The largest absolute Gasteiger partial charge is 0.309 e. The van der Waals surface area contributed by atoms with E-state index in [1.807, 2.05) is 11.3 Å². The van der Waals surface area contributed by atoms with Crippen LogP contribution in [0.4, 0.5) is 0 Å². The van der Waals surface area contributed by atoms with Crippen molar-refractivity contribution in [2.45, 2.75) is 0 Å². The van der Waals surface area contributed by atoms with E-state index in [1.54, 1.807) is 0 Å². The topological polar surface area (TPSA) is 9.86 Å². The standard InChI is InChI=1S/C40H24N2S/c1-2-10-26(11-3-1)41-34-15-7-4-12-28(34)31-21-18-25-19-22-32-29-13-5-8-16-35(29)42(40(32)38(25)39(31)41)27-20-23-37-33(24-27)30-14-6-9-17-36(30)43-37/h1-24H. The van der Waals surface area contributed by atoms with Gasteiger partial charge in [0.2, 0.25) is 0 Å². The molecule has 0 aliphatic rings. The minimum atomic E-state index is 1.17. The van der Waals surface area contributed by atoms with Crippen LogP contribution in [-0.4, -0.2) is 9.13 Å². The van der Waals surface area contributed by atoms with Crippen LogP contribution in [0.1, 0.15) is 0 Å². The molecule has 0 atom stereocenters. The molecule has 3 heteroatoms. The maximum atomic E-state index is 2.51. The summed E-state index contributed by atoms with van der Waals surface area (Å²) in [5, 5.41) is 10.2. The number of hydrogen-bond acceptors (Lipinski definition) is 1. The highest BCUT2D eigenvalue weighted by Gasteiger charge is 2.21. The molecule has 0 saturated carbocycles. The second kappa shape index (κ2) is 8.57. The van der Waals surface area contributed by atoms with Gasteiger partial charge in [0.1, 0.15) is 0 Å². The Morgan fingerprint density at radius 3 is 1.63 bits per heavy atom. The van der Waals surface area contributed by atoms with Crippen LogP contribution in [0.2, 0.25) is 0 Å². The van der Waals surface area contributed by atoms with Gasteiger partial charge in [0.05, 0.1) is 22.1 Å². The molecule has 0 radical (unpaired) electrons. The molecule has 43 heavy (non-hydrogen) atoms. The number of benzene rings is 7. The van der Waals surface area contributed by atoms with Crippen LogP contribution in [-0.2, 0) is 0 Å². The monoisotopic (exact) mass is 564 g/mol. The van der Waals surface area contributed by atoms with Gasteiger partial charge in [-0.15, -0.1) is 11.3 Å². The van der Waals surface area contributed by atoms with Crippen LogP contribution in [0.15, 0.2) is 146 Å². The van der Waals surface area contributed by atoms with Crippen molar-refractivity contribution in [2.24, 2.45) is 0 Å². The highest BCUT2D eigenvalue weighted by molar-refractivity contribution is 7.25. The van der Waals surface area contributed by atoms with E-state index in [9.17, 15) is 0 Å². The predicted octanol–water partition coefficient (Wildman–Crippen LogP) is 11.4. The second-order valence-corrected chi connectivity index (χ2v) is 12.4. The van der Waals surface area contributed by atoms with Crippen molar-refractivity contribution < 1.29 is 0 Å². The van der Waals surface area contributed by atoms with Crippen molar-refractivity contribution in [1.29, 1.82) is 0 Å². The first kappa shape index (κ1) is 23.2. The summed E-state index contributed by atoms with van der Waals surface area (Å²) in [6.45, 7) is 0. The average molecular weight is 565 g/mol. The Bertz CT molecular complexity index is 2720. The maximum Gasteiger partial charge on any atom is 0.0640 e. The van der Waals surface area contributed by atoms with Gasteiger partial charge in [-0.05, 0) is 53.9 Å². The molecule has 3 heterocycles. The minimum absolute atomic E-state index is 1.17. The average Bonchev–Trinajstić information content (AvgIpc) is 3.72. The molecule has 0 aliphatic carbocycles. The van der Waals surface area contributed by atoms with Crippen LogP contribution < -0.4 is 0 Å². The van der Waals surface area contributed by atoms with E-state index >= 15 is 0 Å². The Hall–Kier alpha value is -5.38. The fraction of sp³-hybridized carbons (Fsp3) is 0. The zero-order chi connectivity index (χ0) is 28.1. The lowest BCUT2D eigenvalue weighted by molar-refractivity contribution is 1.18. The molecule has 0 fully saturated rings. The zero-order valence-electron chi connectivity index (χ0n) is 23.2. The molecule has 0 N–H and O–H groups in total. The van der Waals surface area contributed by atoms with Gasteiger partial charge < -0.3 is 9.13 Å². The molecule has 200 valence electrons. The molecule has 2 nitrogen and oxygen atoms in total. The summed E-state index contributed by atoms with van der Waals surface area (Å²) in [5.74, 6) is 0. The van der Waals surface area contributed by atoms with Gasteiger partial charge >= 0.3 is 0 Å². The summed E-state index contributed by atoms with van der Waals surface area (Å²) in [6.07, 6.45) is 0. The first-order valence-corrected chi connectivity index (χ1v) is 15.5. The van der Waals surface area contributed by atoms with E-state index in [1.165, 1.54) is 85.9 Å².